The Bertz CT molecular complexity index is 696. The fourth-order valence-electron chi connectivity index (χ4n) is 1.95. The fraction of sp³-hybridized carbons (Fsp3) is 0.455. The van der Waals surface area contributed by atoms with Gasteiger partial charge in [-0.3, -0.25) is 4.90 Å². The van der Waals surface area contributed by atoms with Crippen LogP contribution in [0.2, 0.25) is 0 Å². The van der Waals surface area contributed by atoms with E-state index in [9.17, 15) is 8.42 Å². The highest BCUT2D eigenvalue weighted by Crippen LogP contribution is 2.29. The highest BCUT2D eigenvalue weighted by atomic mass is 79.9. The molecule has 2 aromatic heterocycles. The molecule has 6 nitrogen and oxygen atoms in total. The van der Waals surface area contributed by atoms with Gasteiger partial charge in [-0.2, -0.15) is 4.98 Å². The lowest BCUT2D eigenvalue weighted by Crippen LogP contribution is -2.39. The van der Waals surface area contributed by atoms with Crippen molar-refractivity contribution in [2.45, 2.75) is 6.54 Å². The van der Waals surface area contributed by atoms with Crippen LogP contribution in [0.15, 0.2) is 20.4 Å². The molecule has 108 valence electrons. The molecule has 20 heavy (non-hydrogen) atoms. The highest BCUT2D eigenvalue weighted by molar-refractivity contribution is 9.11. The van der Waals surface area contributed by atoms with Gasteiger partial charge in [0.15, 0.2) is 9.84 Å². The number of aromatic nitrogens is 2. The third kappa shape index (κ3) is 3.27. The largest absolute Gasteiger partial charge is 0.338 e. The van der Waals surface area contributed by atoms with Crippen molar-refractivity contribution in [3.8, 4) is 10.7 Å². The minimum absolute atomic E-state index is 0.200. The zero-order chi connectivity index (χ0) is 14.2. The number of nitrogens with zero attached hydrogens (tertiary/aromatic N) is 3. The van der Waals surface area contributed by atoms with Gasteiger partial charge in [-0.1, -0.05) is 5.16 Å². The van der Waals surface area contributed by atoms with Crippen LogP contribution in [0.3, 0.4) is 0 Å². The summed E-state index contributed by atoms with van der Waals surface area (Å²) in [5.41, 5.74) is 0. The van der Waals surface area contributed by atoms with Crippen molar-refractivity contribution in [3.05, 3.63) is 21.8 Å². The topological polar surface area (TPSA) is 76.3 Å². The van der Waals surface area contributed by atoms with Crippen molar-refractivity contribution in [3.63, 3.8) is 0 Å². The van der Waals surface area contributed by atoms with Gasteiger partial charge < -0.3 is 4.52 Å². The molecule has 1 fully saturated rings. The van der Waals surface area contributed by atoms with Gasteiger partial charge in [-0.15, -0.1) is 11.3 Å². The molecule has 9 heteroatoms. The van der Waals surface area contributed by atoms with Gasteiger partial charge in [0, 0.05) is 13.1 Å². The first-order valence-corrected chi connectivity index (χ1v) is 9.46. The summed E-state index contributed by atoms with van der Waals surface area (Å²) in [6.07, 6.45) is 0. The molecule has 3 heterocycles. The molecule has 0 aromatic carbocycles. The van der Waals surface area contributed by atoms with E-state index in [-0.39, 0.29) is 11.5 Å². The molecule has 0 amide bonds. The molecule has 0 spiro atoms. The van der Waals surface area contributed by atoms with E-state index < -0.39 is 9.84 Å². The van der Waals surface area contributed by atoms with E-state index in [0.717, 1.165) is 8.66 Å². The Kier molecular flexibility index (Phi) is 3.93. The maximum absolute atomic E-state index is 11.4. The Morgan fingerprint density at radius 1 is 1.35 bits per heavy atom. The maximum Gasteiger partial charge on any atom is 0.241 e. The first kappa shape index (κ1) is 14.2. The summed E-state index contributed by atoms with van der Waals surface area (Å²) in [7, 11) is -2.85. The monoisotopic (exact) mass is 377 g/mol. The number of rotatable bonds is 3. The molecule has 3 rings (SSSR count). The van der Waals surface area contributed by atoms with Crippen LogP contribution in [0.5, 0.6) is 0 Å². The van der Waals surface area contributed by atoms with Crippen LogP contribution >= 0.6 is 27.3 Å². The molecular formula is C11H12BrN3O3S2. The summed E-state index contributed by atoms with van der Waals surface area (Å²) < 4.78 is 29.0. The highest BCUT2D eigenvalue weighted by Gasteiger charge is 2.23. The Morgan fingerprint density at radius 3 is 2.75 bits per heavy atom. The van der Waals surface area contributed by atoms with E-state index >= 15 is 0 Å². The van der Waals surface area contributed by atoms with Crippen LogP contribution < -0.4 is 0 Å². The molecule has 0 radical (unpaired) electrons. The SMILES string of the molecule is O=S1(=O)CCN(Cc2nc(-c3ccc(Br)s3)no2)CC1. The van der Waals surface area contributed by atoms with Gasteiger partial charge in [0.25, 0.3) is 0 Å². The smallest absolute Gasteiger partial charge is 0.241 e. The van der Waals surface area contributed by atoms with Crippen LogP contribution in [-0.2, 0) is 16.4 Å². The Morgan fingerprint density at radius 2 is 2.10 bits per heavy atom. The number of sulfone groups is 1. The van der Waals surface area contributed by atoms with E-state index in [1.165, 1.54) is 11.3 Å². The second-order valence-electron chi connectivity index (χ2n) is 4.54. The summed E-state index contributed by atoms with van der Waals surface area (Å²) in [5, 5.41) is 3.95. The third-order valence-electron chi connectivity index (χ3n) is 3.06. The Hall–Kier alpha value is -0.770. The average Bonchev–Trinajstić information content (AvgIpc) is 3.01. The zero-order valence-electron chi connectivity index (χ0n) is 10.5. The number of hydrogen-bond acceptors (Lipinski definition) is 7. The van der Waals surface area contributed by atoms with Gasteiger partial charge in [0.1, 0.15) is 0 Å². The number of halogens is 1. The number of thiophene rings is 1. The van der Waals surface area contributed by atoms with Crippen molar-refractivity contribution >= 4 is 37.1 Å². The van der Waals surface area contributed by atoms with Gasteiger partial charge in [-0.25, -0.2) is 8.42 Å². The second-order valence-corrected chi connectivity index (χ2v) is 9.31. The quantitative estimate of drug-likeness (QED) is 0.811. The minimum atomic E-state index is -2.85. The lowest BCUT2D eigenvalue weighted by molar-refractivity contribution is 0.241. The Balaban J connectivity index is 1.66. The van der Waals surface area contributed by atoms with E-state index in [1.807, 2.05) is 17.0 Å². The molecule has 0 unspecified atom stereocenters. The van der Waals surface area contributed by atoms with Crippen molar-refractivity contribution in [1.82, 2.24) is 15.0 Å². The molecule has 0 N–H and O–H groups in total. The fourth-order valence-corrected chi connectivity index (χ4v) is 4.54. The van der Waals surface area contributed by atoms with Crippen molar-refractivity contribution in [1.29, 1.82) is 0 Å². The molecule has 1 saturated heterocycles. The molecule has 2 aromatic rings. The standard InChI is InChI=1S/C11H12BrN3O3S2/c12-9-2-1-8(19-9)11-13-10(18-14-11)7-15-3-5-20(16,17)6-4-15/h1-2H,3-7H2. The number of hydrogen-bond donors (Lipinski definition) is 0. The lowest BCUT2D eigenvalue weighted by atomic mass is 10.4. The van der Waals surface area contributed by atoms with Crippen LogP contribution in [0.4, 0.5) is 0 Å². The molecule has 0 atom stereocenters. The molecule has 0 saturated carbocycles. The van der Waals surface area contributed by atoms with Crippen LogP contribution in [-0.4, -0.2) is 48.1 Å². The predicted molar refractivity (Wildman–Crippen MR) is 79.2 cm³/mol. The molecule has 0 aliphatic carbocycles. The van der Waals surface area contributed by atoms with Gasteiger partial charge in [0.05, 0.1) is 26.7 Å². The summed E-state index contributed by atoms with van der Waals surface area (Å²) in [4.78, 5) is 7.30. The molecule has 0 bridgehead atoms. The van der Waals surface area contributed by atoms with E-state index in [2.05, 4.69) is 26.1 Å². The van der Waals surface area contributed by atoms with Gasteiger partial charge >= 0.3 is 0 Å². The zero-order valence-corrected chi connectivity index (χ0v) is 13.7. The van der Waals surface area contributed by atoms with Crippen LogP contribution in [0.25, 0.3) is 10.7 Å². The van der Waals surface area contributed by atoms with Crippen LogP contribution in [0.1, 0.15) is 5.89 Å². The van der Waals surface area contributed by atoms with Crippen molar-refractivity contribution in [2.24, 2.45) is 0 Å². The van der Waals surface area contributed by atoms with Gasteiger partial charge in [0.2, 0.25) is 11.7 Å². The molecule has 1 aliphatic rings. The molecule has 1 aliphatic heterocycles. The van der Waals surface area contributed by atoms with E-state index in [1.54, 1.807) is 0 Å². The lowest BCUT2D eigenvalue weighted by Gasteiger charge is -2.24. The maximum atomic E-state index is 11.4. The van der Waals surface area contributed by atoms with E-state index in [0.29, 0.717) is 31.3 Å². The van der Waals surface area contributed by atoms with E-state index in [4.69, 9.17) is 4.52 Å². The predicted octanol–water partition coefficient (Wildman–Crippen LogP) is 1.79. The van der Waals surface area contributed by atoms with Crippen LogP contribution in [0, 0.1) is 0 Å². The van der Waals surface area contributed by atoms with Crippen molar-refractivity contribution in [2.75, 3.05) is 24.6 Å². The Labute approximate surface area is 128 Å². The first-order valence-electron chi connectivity index (χ1n) is 6.03. The average molecular weight is 378 g/mol. The summed E-state index contributed by atoms with van der Waals surface area (Å²) in [6, 6.07) is 3.86. The van der Waals surface area contributed by atoms with Crippen molar-refractivity contribution < 1.29 is 12.9 Å². The first-order chi connectivity index (χ1) is 9.52. The van der Waals surface area contributed by atoms with Gasteiger partial charge in [-0.05, 0) is 28.1 Å². The third-order valence-corrected chi connectivity index (χ3v) is 6.29. The molecular weight excluding hydrogens is 366 g/mol. The minimum Gasteiger partial charge on any atom is -0.338 e. The normalized spacial score (nSPS) is 19.2. The summed E-state index contributed by atoms with van der Waals surface area (Å²) in [5.74, 6) is 1.49. The summed E-state index contributed by atoms with van der Waals surface area (Å²) in [6.45, 7) is 1.53. The second kappa shape index (κ2) is 5.55. The summed E-state index contributed by atoms with van der Waals surface area (Å²) >= 11 is 4.93.